The summed E-state index contributed by atoms with van der Waals surface area (Å²) < 4.78 is 25.2. The number of benzene rings is 4. The van der Waals surface area contributed by atoms with Gasteiger partial charge in [0, 0.05) is 119 Å². The van der Waals surface area contributed by atoms with Gasteiger partial charge in [-0.25, -0.2) is 23.5 Å². The number of nitrogens with zero attached hydrogens (tertiary/aromatic N) is 7. The molecule has 0 spiro atoms. The van der Waals surface area contributed by atoms with Crippen LogP contribution in [-0.4, -0.2) is 156 Å². The Hall–Kier alpha value is -7.90. The Morgan fingerprint density at radius 2 is 0.906 bits per heavy atom. The van der Waals surface area contributed by atoms with Crippen molar-refractivity contribution in [2.24, 2.45) is 0 Å². The first-order valence-corrected chi connectivity index (χ1v) is 34.2. The van der Waals surface area contributed by atoms with E-state index in [2.05, 4.69) is 67.5 Å². The molecule has 508 valence electrons. The molecule has 5 amide bonds. The number of pyridine rings is 2. The van der Waals surface area contributed by atoms with Gasteiger partial charge in [0.25, 0.3) is 17.7 Å². The van der Waals surface area contributed by atoms with Crippen molar-refractivity contribution in [2.45, 2.75) is 120 Å². The van der Waals surface area contributed by atoms with Crippen LogP contribution in [0.3, 0.4) is 0 Å². The number of halogens is 6. The smallest absolute Gasteiger partial charge is 0.335 e. The van der Waals surface area contributed by atoms with Gasteiger partial charge in [0.15, 0.2) is 11.6 Å². The van der Waals surface area contributed by atoms with Crippen molar-refractivity contribution in [1.82, 2.24) is 36.1 Å². The number of nitrogens with one attached hydrogen (secondary N) is 6. The molecule has 21 nitrogen and oxygen atoms in total. The van der Waals surface area contributed by atoms with Gasteiger partial charge in [-0.05, 0) is 173 Å². The minimum Gasteiger partial charge on any atom is -0.478 e. The molecule has 9 aliphatic rings. The normalized spacial score (nSPS) is 19.3. The Kier molecular flexibility index (Phi) is 23.1. The van der Waals surface area contributed by atoms with Crippen molar-refractivity contribution < 1.29 is 47.8 Å². The molecule has 8 N–H and O–H groups in total. The standard InChI is InChI=1S/C26H31ClN6O2.C14H18ClN3O.C12H15N3O2.C10H9ClFNO.C7H4ClFO2/c27-20-14-18(25(34)29-19-5-6-19)4-7-22(20)32-11-9-31(10-12-32)16-17-13-21-24(28-15-17)33-8-2-1-3-23(33)26(35)30-21;15-12-9-10(14(19)17-11-2-3-11)1-4-13(12)18-7-5-16-6-8-18;16-7-8-5-9-11(13-6-8)15-4-2-1-3-10(15)12(17)14-9;11-8-5-6(1-4-9(8)12)10(14)13-7-2-3-7;8-5-3-4(7(10)11)1-2-6(5)9/h4,7,13-15,19,23H,1-3,5-6,8-12,16H2,(H,29,34)(H,30,35);1,4,9,11,16H,2-3,5-8H2,(H,17,19);5-6,10,16H,1-4,7H2,(H,14,17);1,4-5,7H,2-3H2,(H,13,14);1-3H,(H,10,11)/t23-;;10-;;/m0.0../s1. The van der Waals surface area contributed by atoms with Crippen molar-refractivity contribution in [2.75, 3.05) is 95.7 Å². The Morgan fingerprint density at radius 1 is 0.500 bits per heavy atom. The molecular formula is C69H77Cl4F2N13O8. The number of aliphatic hydroxyl groups excluding tert-OH is 1. The van der Waals surface area contributed by atoms with Gasteiger partial charge >= 0.3 is 5.97 Å². The van der Waals surface area contributed by atoms with E-state index >= 15 is 0 Å². The molecule has 15 rings (SSSR count). The summed E-state index contributed by atoms with van der Waals surface area (Å²) in [4.78, 5) is 90.8. The zero-order valence-electron chi connectivity index (χ0n) is 52.8. The topological polar surface area (TPSA) is 257 Å². The average molecular weight is 1400 g/mol. The number of aromatic nitrogens is 2. The number of piperidine rings is 2. The highest BCUT2D eigenvalue weighted by atomic mass is 35.5. The Balaban J connectivity index is 0.000000131. The number of carboxylic acids is 1. The summed E-state index contributed by atoms with van der Waals surface area (Å²) >= 11 is 23.8. The van der Waals surface area contributed by atoms with E-state index in [0.29, 0.717) is 44.9 Å². The summed E-state index contributed by atoms with van der Waals surface area (Å²) in [6.07, 6.45) is 16.2. The molecule has 6 aliphatic heterocycles. The third kappa shape index (κ3) is 18.2. The van der Waals surface area contributed by atoms with Crippen LogP contribution < -0.4 is 51.5 Å². The zero-order chi connectivity index (χ0) is 67.6. The number of rotatable bonds is 12. The maximum Gasteiger partial charge on any atom is 0.335 e. The summed E-state index contributed by atoms with van der Waals surface area (Å²) in [5, 5.41) is 36.6. The lowest BCUT2D eigenvalue weighted by Gasteiger charge is -2.40. The first-order chi connectivity index (χ1) is 46.3. The number of carbonyl (C=O) groups is 6. The van der Waals surface area contributed by atoms with Crippen LogP contribution in [-0.2, 0) is 22.7 Å². The molecule has 2 atom stereocenters. The van der Waals surface area contributed by atoms with E-state index in [4.69, 9.17) is 61.6 Å². The molecule has 0 unspecified atom stereocenters. The minimum absolute atomic E-state index is 0.0172. The van der Waals surface area contributed by atoms with Crippen molar-refractivity contribution in [1.29, 1.82) is 0 Å². The Morgan fingerprint density at radius 3 is 1.33 bits per heavy atom. The minimum atomic E-state index is -1.12. The first-order valence-electron chi connectivity index (χ1n) is 32.7. The second-order valence-electron chi connectivity index (χ2n) is 25.1. The quantitative estimate of drug-likeness (QED) is 0.0567. The molecule has 0 bridgehead atoms. The zero-order valence-corrected chi connectivity index (χ0v) is 55.9. The number of carboxylic acid groups (broad SMARTS) is 1. The van der Waals surface area contributed by atoms with Gasteiger partial charge in [-0.2, -0.15) is 0 Å². The predicted molar refractivity (Wildman–Crippen MR) is 368 cm³/mol. The van der Waals surface area contributed by atoms with Gasteiger partial charge in [0.05, 0.1) is 55.0 Å². The fraction of sp³-hybridized carbons (Fsp3) is 0.420. The molecule has 2 aromatic heterocycles. The number of amides is 5. The lowest BCUT2D eigenvalue weighted by Crippen LogP contribution is -2.51. The molecule has 4 aromatic carbocycles. The summed E-state index contributed by atoms with van der Waals surface area (Å²) in [7, 11) is 0. The SMILES string of the molecule is O=C(NC1CC1)c1ccc(F)c(Cl)c1.O=C(NC1CC1)c1ccc(N2CCN(Cc3cnc4c(c3)NC(=O)[C@@H]3CCCCN43)CC2)c(Cl)c1.O=C(NC1CC1)c1ccc(N2CCNCC2)c(Cl)c1.O=C(O)c1ccc(F)c(Cl)c1.O=C1Nc2cc(CO)cnc2N2CCCC[C@@H]12. The lowest BCUT2D eigenvalue weighted by atomic mass is 9.99. The van der Waals surface area contributed by atoms with Crippen LogP contribution in [0.15, 0.2) is 97.3 Å². The molecule has 6 aromatic rings. The number of hydrogen-bond acceptors (Lipinski definition) is 15. The van der Waals surface area contributed by atoms with Crippen LogP contribution in [0.5, 0.6) is 0 Å². The molecule has 7 fully saturated rings. The van der Waals surface area contributed by atoms with E-state index in [1.54, 1.807) is 24.4 Å². The van der Waals surface area contributed by atoms with Crippen molar-refractivity contribution >= 4 is 116 Å². The largest absolute Gasteiger partial charge is 0.478 e. The van der Waals surface area contributed by atoms with Crippen LogP contribution in [0, 0.1) is 11.6 Å². The maximum absolute atomic E-state index is 12.8. The van der Waals surface area contributed by atoms with E-state index in [9.17, 15) is 37.5 Å². The van der Waals surface area contributed by atoms with E-state index < -0.39 is 17.6 Å². The maximum atomic E-state index is 12.8. The van der Waals surface area contributed by atoms with E-state index in [1.165, 1.54) is 18.2 Å². The second-order valence-corrected chi connectivity index (χ2v) is 26.7. The molecule has 3 aliphatic carbocycles. The third-order valence-electron chi connectivity index (χ3n) is 17.8. The average Bonchev–Trinajstić information content (AvgIpc) is 1.09. The fourth-order valence-corrected chi connectivity index (χ4v) is 13.0. The van der Waals surface area contributed by atoms with Gasteiger partial charge in [-0.3, -0.25) is 28.9 Å². The van der Waals surface area contributed by atoms with Gasteiger partial charge in [-0.1, -0.05) is 46.4 Å². The van der Waals surface area contributed by atoms with Crippen LogP contribution in [0.25, 0.3) is 0 Å². The van der Waals surface area contributed by atoms with E-state index in [0.717, 1.165) is 213 Å². The molecular weight excluding hydrogens is 1320 g/mol. The summed E-state index contributed by atoms with van der Waals surface area (Å²) in [6.45, 7) is 9.89. The van der Waals surface area contributed by atoms with Gasteiger partial charge < -0.3 is 61.7 Å². The van der Waals surface area contributed by atoms with Crippen molar-refractivity contribution in [3.63, 3.8) is 0 Å². The highest BCUT2D eigenvalue weighted by molar-refractivity contribution is 6.34. The van der Waals surface area contributed by atoms with Crippen LogP contribution in [0.4, 0.5) is 43.2 Å². The molecule has 8 heterocycles. The molecule has 4 saturated heterocycles. The lowest BCUT2D eigenvalue weighted by molar-refractivity contribution is -0.118. The van der Waals surface area contributed by atoms with Crippen LogP contribution in [0.2, 0.25) is 20.1 Å². The highest BCUT2D eigenvalue weighted by Gasteiger charge is 2.38. The number of anilines is 6. The van der Waals surface area contributed by atoms with Crippen LogP contribution in [0.1, 0.15) is 130 Å². The summed E-state index contributed by atoms with van der Waals surface area (Å²) in [5.41, 5.74) is 7.04. The number of hydrogen-bond donors (Lipinski definition) is 8. The number of carbonyl (C=O) groups excluding carboxylic acids is 5. The predicted octanol–water partition coefficient (Wildman–Crippen LogP) is 10.3. The number of piperazine rings is 2. The first kappa shape index (κ1) is 69.5. The van der Waals surface area contributed by atoms with Gasteiger partial charge in [0.1, 0.15) is 23.7 Å². The monoisotopic (exact) mass is 1390 g/mol. The molecule has 96 heavy (non-hydrogen) atoms. The van der Waals surface area contributed by atoms with Crippen LogP contribution >= 0.6 is 46.4 Å². The third-order valence-corrected chi connectivity index (χ3v) is 19.0. The molecule has 0 radical (unpaired) electrons. The van der Waals surface area contributed by atoms with E-state index in [-0.39, 0.29) is 63.8 Å². The van der Waals surface area contributed by atoms with Crippen molar-refractivity contribution in [3.8, 4) is 0 Å². The Bertz CT molecular complexity index is 3850. The highest BCUT2D eigenvalue weighted by Crippen LogP contribution is 2.37. The molecule has 3 saturated carbocycles. The summed E-state index contributed by atoms with van der Waals surface area (Å²) in [5.74, 6) is -0.592. The second kappa shape index (κ2) is 32.0. The number of fused-ring (bicyclic) bond motifs is 6. The number of aromatic carboxylic acids is 1. The molecule has 27 heteroatoms. The van der Waals surface area contributed by atoms with Crippen molar-refractivity contribution in [3.05, 3.63) is 162 Å². The van der Waals surface area contributed by atoms with Gasteiger partial charge in [0.2, 0.25) is 11.8 Å². The fourth-order valence-electron chi connectivity index (χ4n) is 12.0. The van der Waals surface area contributed by atoms with Gasteiger partial charge in [-0.15, -0.1) is 0 Å². The number of aliphatic hydroxyl groups is 1. The Labute approximate surface area is 575 Å². The summed E-state index contributed by atoms with van der Waals surface area (Å²) in [6, 6.07) is 23.2. The van der Waals surface area contributed by atoms with E-state index in [1.807, 2.05) is 30.5 Å².